The molecule has 0 radical (unpaired) electrons. The molecule has 2 saturated heterocycles. The summed E-state index contributed by atoms with van der Waals surface area (Å²) < 4.78 is 5.30. The molecule has 0 unspecified atom stereocenters. The molecule has 166 valence electrons. The standard InChI is InChI=1S/C24H28N6O2/c1-32-18-7-4-6-17(14-18)15-22(31)30-13-5-8-21(30)23-19(16-26-28-23)20-9-10-25-24(27-20)29-11-2-3-12-29/h4,6-7,9-10,14,16,21H,2-3,5,8,11-13,15H2,1H3,(H,26,28)/t21-/m1/s1. The molecular weight excluding hydrogens is 404 g/mol. The normalized spacial score (nSPS) is 18.3. The maximum atomic E-state index is 13.2. The van der Waals surface area contributed by atoms with Gasteiger partial charge in [0.25, 0.3) is 0 Å². The van der Waals surface area contributed by atoms with Gasteiger partial charge in [-0.3, -0.25) is 9.89 Å². The lowest BCUT2D eigenvalue weighted by Gasteiger charge is -2.25. The van der Waals surface area contributed by atoms with Crippen molar-refractivity contribution in [2.75, 3.05) is 31.6 Å². The fourth-order valence-electron chi connectivity index (χ4n) is 4.75. The van der Waals surface area contributed by atoms with Crippen LogP contribution in [-0.2, 0) is 11.2 Å². The molecule has 2 aromatic heterocycles. The van der Waals surface area contributed by atoms with Crippen LogP contribution < -0.4 is 9.64 Å². The zero-order valence-electron chi connectivity index (χ0n) is 18.3. The number of aromatic nitrogens is 4. The average Bonchev–Trinajstić information content (AvgIpc) is 3.60. The van der Waals surface area contributed by atoms with Crippen molar-refractivity contribution in [1.82, 2.24) is 25.1 Å². The van der Waals surface area contributed by atoms with Crippen LogP contribution in [0.3, 0.4) is 0 Å². The van der Waals surface area contributed by atoms with E-state index in [-0.39, 0.29) is 11.9 Å². The third kappa shape index (κ3) is 4.04. The van der Waals surface area contributed by atoms with Crippen LogP contribution >= 0.6 is 0 Å². The molecule has 1 N–H and O–H groups in total. The SMILES string of the molecule is COc1cccc(CC(=O)N2CCC[C@@H]2c2[nH]ncc2-c2ccnc(N3CCCC3)n2)c1. The Kier molecular flexibility index (Phi) is 5.75. The predicted molar refractivity (Wildman–Crippen MR) is 121 cm³/mol. The number of hydrogen-bond acceptors (Lipinski definition) is 6. The molecule has 1 atom stereocenters. The number of anilines is 1. The van der Waals surface area contributed by atoms with E-state index in [9.17, 15) is 4.79 Å². The topological polar surface area (TPSA) is 87.2 Å². The lowest BCUT2D eigenvalue weighted by atomic mass is 10.0. The average molecular weight is 433 g/mol. The summed E-state index contributed by atoms with van der Waals surface area (Å²) in [5, 5.41) is 7.48. The highest BCUT2D eigenvalue weighted by Gasteiger charge is 2.33. The Labute approximate surface area is 187 Å². The van der Waals surface area contributed by atoms with E-state index < -0.39 is 0 Å². The van der Waals surface area contributed by atoms with Crippen molar-refractivity contribution in [3.8, 4) is 17.0 Å². The second-order valence-electron chi connectivity index (χ2n) is 8.41. The molecule has 1 aromatic carbocycles. The Morgan fingerprint density at radius 1 is 1.19 bits per heavy atom. The van der Waals surface area contributed by atoms with Crippen molar-refractivity contribution in [3.05, 3.63) is 54.0 Å². The van der Waals surface area contributed by atoms with Gasteiger partial charge in [-0.25, -0.2) is 9.97 Å². The number of ether oxygens (including phenoxy) is 1. The lowest BCUT2D eigenvalue weighted by molar-refractivity contribution is -0.131. The first kappa shape index (κ1) is 20.5. The number of amides is 1. The highest BCUT2D eigenvalue weighted by Crippen LogP contribution is 2.36. The van der Waals surface area contributed by atoms with Crippen LogP contribution in [0.5, 0.6) is 5.75 Å². The molecule has 4 heterocycles. The van der Waals surface area contributed by atoms with E-state index in [2.05, 4.69) is 20.1 Å². The highest BCUT2D eigenvalue weighted by molar-refractivity contribution is 5.80. The molecule has 8 heteroatoms. The van der Waals surface area contributed by atoms with Crippen LogP contribution in [0.1, 0.15) is 43.0 Å². The minimum absolute atomic E-state index is 0.0317. The fourth-order valence-corrected chi connectivity index (χ4v) is 4.75. The molecule has 0 aliphatic carbocycles. The molecule has 2 fully saturated rings. The van der Waals surface area contributed by atoms with E-state index in [1.54, 1.807) is 7.11 Å². The minimum Gasteiger partial charge on any atom is -0.497 e. The summed E-state index contributed by atoms with van der Waals surface area (Å²) >= 11 is 0. The summed E-state index contributed by atoms with van der Waals surface area (Å²) in [5.41, 5.74) is 3.69. The Morgan fingerprint density at radius 2 is 2.06 bits per heavy atom. The number of nitrogens with zero attached hydrogens (tertiary/aromatic N) is 5. The molecule has 5 rings (SSSR count). The van der Waals surface area contributed by atoms with Crippen molar-refractivity contribution in [3.63, 3.8) is 0 Å². The van der Waals surface area contributed by atoms with Crippen molar-refractivity contribution in [2.45, 2.75) is 38.1 Å². The molecule has 0 spiro atoms. The number of likely N-dealkylation sites (tertiary alicyclic amines) is 1. The predicted octanol–water partition coefficient (Wildman–Crippen LogP) is 3.38. The largest absolute Gasteiger partial charge is 0.497 e. The molecular formula is C24H28N6O2. The first-order valence-electron chi connectivity index (χ1n) is 11.3. The minimum atomic E-state index is -0.0317. The van der Waals surface area contributed by atoms with E-state index >= 15 is 0 Å². The molecule has 3 aromatic rings. The van der Waals surface area contributed by atoms with Gasteiger partial charge in [-0.15, -0.1) is 0 Å². The zero-order chi connectivity index (χ0) is 21.9. The summed E-state index contributed by atoms with van der Waals surface area (Å²) in [5.74, 6) is 1.65. The third-order valence-corrected chi connectivity index (χ3v) is 6.37. The second-order valence-corrected chi connectivity index (χ2v) is 8.41. The van der Waals surface area contributed by atoms with Gasteiger partial charge in [0, 0.05) is 31.4 Å². The number of hydrogen-bond donors (Lipinski definition) is 1. The van der Waals surface area contributed by atoms with Gasteiger partial charge in [0.05, 0.1) is 37.2 Å². The summed E-state index contributed by atoms with van der Waals surface area (Å²) in [7, 11) is 1.64. The Balaban J connectivity index is 1.38. The number of rotatable bonds is 6. The van der Waals surface area contributed by atoms with E-state index in [0.717, 1.165) is 66.7 Å². The van der Waals surface area contributed by atoms with Gasteiger partial charge in [0.1, 0.15) is 5.75 Å². The molecule has 1 amide bonds. The van der Waals surface area contributed by atoms with Crippen molar-refractivity contribution in [1.29, 1.82) is 0 Å². The smallest absolute Gasteiger partial charge is 0.227 e. The van der Waals surface area contributed by atoms with Gasteiger partial charge < -0.3 is 14.5 Å². The van der Waals surface area contributed by atoms with Crippen LogP contribution in [-0.4, -0.2) is 57.7 Å². The number of methoxy groups -OCH3 is 1. The number of carbonyl (C=O) groups is 1. The molecule has 2 aliphatic rings. The monoisotopic (exact) mass is 432 g/mol. The van der Waals surface area contributed by atoms with E-state index in [4.69, 9.17) is 9.72 Å². The lowest BCUT2D eigenvalue weighted by Crippen LogP contribution is -2.32. The van der Waals surface area contributed by atoms with Crippen LogP contribution in [0.25, 0.3) is 11.3 Å². The molecule has 2 aliphatic heterocycles. The van der Waals surface area contributed by atoms with Gasteiger partial charge >= 0.3 is 0 Å². The Hall–Kier alpha value is -3.42. The van der Waals surface area contributed by atoms with Gasteiger partial charge in [-0.2, -0.15) is 5.10 Å². The summed E-state index contributed by atoms with van der Waals surface area (Å²) in [6.45, 7) is 2.74. The number of H-pyrrole nitrogens is 1. The molecule has 32 heavy (non-hydrogen) atoms. The Bertz CT molecular complexity index is 1090. The fraction of sp³-hybridized carbons (Fsp3) is 0.417. The van der Waals surface area contributed by atoms with Crippen molar-refractivity contribution >= 4 is 11.9 Å². The zero-order valence-corrected chi connectivity index (χ0v) is 18.3. The van der Waals surface area contributed by atoms with Crippen LogP contribution in [0.2, 0.25) is 0 Å². The first-order chi connectivity index (χ1) is 15.7. The van der Waals surface area contributed by atoms with Gasteiger partial charge in [-0.05, 0) is 49.4 Å². The van der Waals surface area contributed by atoms with Crippen molar-refractivity contribution < 1.29 is 9.53 Å². The molecule has 0 bridgehead atoms. The first-order valence-corrected chi connectivity index (χ1v) is 11.3. The maximum Gasteiger partial charge on any atom is 0.227 e. The maximum absolute atomic E-state index is 13.2. The number of benzene rings is 1. The van der Waals surface area contributed by atoms with Gasteiger partial charge in [-0.1, -0.05) is 12.1 Å². The quantitative estimate of drug-likeness (QED) is 0.643. The second kappa shape index (κ2) is 8.98. The van der Waals surface area contributed by atoms with E-state index in [1.165, 1.54) is 12.8 Å². The van der Waals surface area contributed by atoms with Crippen LogP contribution in [0.15, 0.2) is 42.7 Å². The van der Waals surface area contributed by atoms with Crippen LogP contribution in [0, 0.1) is 0 Å². The number of carbonyl (C=O) groups excluding carboxylic acids is 1. The van der Waals surface area contributed by atoms with Gasteiger partial charge in [0.15, 0.2) is 0 Å². The molecule has 8 nitrogen and oxygen atoms in total. The summed E-state index contributed by atoms with van der Waals surface area (Å²) in [6, 6.07) is 9.59. The third-order valence-electron chi connectivity index (χ3n) is 6.37. The summed E-state index contributed by atoms with van der Waals surface area (Å²) in [6.07, 6.45) is 8.21. The summed E-state index contributed by atoms with van der Waals surface area (Å²) in [4.78, 5) is 26.7. The van der Waals surface area contributed by atoms with E-state index in [1.807, 2.05) is 47.6 Å². The highest BCUT2D eigenvalue weighted by atomic mass is 16.5. The van der Waals surface area contributed by atoms with Gasteiger partial charge in [0.2, 0.25) is 11.9 Å². The Morgan fingerprint density at radius 3 is 2.91 bits per heavy atom. The number of aromatic amines is 1. The van der Waals surface area contributed by atoms with E-state index in [0.29, 0.717) is 6.42 Å². The molecule has 0 saturated carbocycles. The van der Waals surface area contributed by atoms with Crippen LogP contribution in [0.4, 0.5) is 5.95 Å². The van der Waals surface area contributed by atoms with Crippen molar-refractivity contribution in [2.24, 2.45) is 0 Å². The number of nitrogens with one attached hydrogen (secondary N) is 1.